The van der Waals surface area contributed by atoms with Crippen molar-refractivity contribution >= 4 is 65.9 Å². The van der Waals surface area contributed by atoms with Gasteiger partial charge in [0.05, 0.1) is 0 Å². The van der Waals surface area contributed by atoms with Crippen molar-refractivity contribution in [1.29, 1.82) is 0 Å². The summed E-state index contributed by atoms with van der Waals surface area (Å²) in [7, 11) is 0. The van der Waals surface area contributed by atoms with Crippen molar-refractivity contribution in [1.82, 2.24) is 5.32 Å². The largest absolute Gasteiger partial charge is 0.455 e. The van der Waals surface area contributed by atoms with Gasteiger partial charge in [-0.2, -0.15) is 0 Å². The zero-order valence-corrected chi connectivity index (χ0v) is 23.2. The number of furan rings is 1. The lowest BCUT2D eigenvalue weighted by atomic mass is 9.94. The van der Waals surface area contributed by atoms with Crippen molar-refractivity contribution in [2.75, 3.05) is 0 Å². The second-order valence-corrected chi connectivity index (χ2v) is 11.0. The van der Waals surface area contributed by atoms with Crippen LogP contribution in [0.3, 0.4) is 0 Å². The highest BCUT2D eigenvalue weighted by Crippen LogP contribution is 2.39. The Balaban J connectivity index is 1.21. The molecule has 7 aromatic carbocycles. The summed E-state index contributed by atoms with van der Waals surface area (Å²) in [5.74, 6) is 1.63. The Morgan fingerprint density at radius 2 is 1.12 bits per heavy atom. The molecule has 0 bridgehead atoms. The minimum absolute atomic E-state index is 0.324. The first-order valence-corrected chi connectivity index (χ1v) is 14.5. The number of nitrogens with one attached hydrogen (secondary N) is 1. The van der Waals surface area contributed by atoms with Crippen LogP contribution >= 0.6 is 0 Å². The minimum atomic E-state index is -0.324. The molecule has 1 aromatic heterocycles. The predicted molar refractivity (Wildman–Crippen MR) is 178 cm³/mol. The topological polar surface area (TPSA) is 49.9 Å². The number of nitrogens with zero attached hydrogens (tertiary/aromatic N) is 2. The SMILES string of the molecule is c1ccc(C2=NC(c3ccccc3)N=C(c3ccc4c(ccc5ccc6c(ccc7c8ccccc8oc76)c54)c3)N2)cc1. The minimum Gasteiger partial charge on any atom is -0.455 e. The monoisotopic (exact) mass is 551 g/mol. The number of hydrogen-bond acceptors (Lipinski definition) is 4. The Bertz CT molecular complexity index is 2420. The van der Waals surface area contributed by atoms with E-state index in [4.69, 9.17) is 14.4 Å². The molecule has 1 aliphatic heterocycles. The van der Waals surface area contributed by atoms with Crippen LogP contribution in [0.25, 0.3) is 54.3 Å². The van der Waals surface area contributed by atoms with E-state index in [9.17, 15) is 0 Å². The van der Waals surface area contributed by atoms with Gasteiger partial charge in [-0.15, -0.1) is 0 Å². The summed E-state index contributed by atoms with van der Waals surface area (Å²) in [5, 5.41) is 13.0. The molecule has 202 valence electrons. The van der Waals surface area contributed by atoms with Gasteiger partial charge in [-0.1, -0.05) is 115 Å². The van der Waals surface area contributed by atoms with Crippen LogP contribution in [0.2, 0.25) is 0 Å². The number of hydrogen-bond donors (Lipinski definition) is 1. The Morgan fingerprint density at radius 1 is 0.488 bits per heavy atom. The fourth-order valence-electron chi connectivity index (χ4n) is 6.41. The van der Waals surface area contributed by atoms with Gasteiger partial charge < -0.3 is 9.73 Å². The Hall–Kier alpha value is -5.74. The lowest BCUT2D eigenvalue weighted by Gasteiger charge is -2.22. The van der Waals surface area contributed by atoms with Crippen LogP contribution in [0.4, 0.5) is 0 Å². The predicted octanol–water partition coefficient (Wildman–Crippen LogP) is 9.54. The molecule has 9 rings (SSSR count). The van der Waals surface area contributed by atoms with Crippen molar-refractivity contribution in [3.8, 4) is 0 Å². The van der Waals surface area contributed by atoms with E-state index >= 15 is 0 Å². The average Bonchev–Trinajstić information content (AvgIpc) is 3.47. The van der Waals surface area contributed by atoms with E-state index in [0.29, 0.717) is 0 Å². The van der Waals surface area contributed by atoms with E-state index < -0.39 is 0 Å². The van der Waals surface area contributed by atoms with Crippen LogP contribution < -0.4 is 5.32 Å². The van der Waals surface area contributed by atoms with Crippen LogP contribution in [0.1, 0.15) is 22.9 Å². The van der Waals surface area contributed by atoms with Crippen LogP contribution in [0.15, 0.2) is 154 Å². The molecule has 2 heterocycles. The quantitative estimate of drug-likeness (QED) is 0.222. The summed E-state index contributed by atoms with van der Waals surface area (Å²) in [6.07, 6.45) is -0.324. The molecule has 8 aromatic rings. The molecule has 1 aliphatic rings. The molecule has 1 unspecified atom stereocenters. The fraction of sp³-hybridized carbons (Fsp3) is 0.0256. The van der Waals surface area contributed by atoms with E-state index in [1.165, 1.54) is 21.5 Å². The van der Waals surface area contributed by atoms with Crippen molar-refractivity contribution < 1.29 is 4.42 Å². The summed E-state index contributed by atoms with van der Waals surface area (Å²) >= 11 is 0. The number of benzene rings is 7. The van der Waals surface area contributed by atoms with Gasteiger partial charge in [0.1, 0.15) is 22.8 Å². The molecule has 1 N–H and O–H groups in total. The molecule has 0 radical (unpaired) electrons. The molecular formula is C39H25N3O. The molecule has 4 nitrogen and oxygen atoms in total. The van der Waals surface area contributed by atoms with Gasteiger partial charge in [-0.3, -0.25) is 0 Å². The zero-order valence-electron chi connectivity index (χ0n) is 23.2. The highest BCUT2D eigenvalue weighted by Gasteiger charge is 2.21. The second kappa shape index (κ2) is 9.40. The van der Waals surface area contributed by atoms with Crippen molar-refractivity contribution in [3.63, 3.8) is 0 Å². The molecule has 0 spiro atoms. The third-order valence-corrected chi connectivity index (χ3v) is 8.49. The van der Waals surface area contributed by atoms with Crippen molar-refractivity contribution in [2.45, 2.75) is 6.17 Å². The van der Waals surface area contributed by atoms with Crippen molar-refractivity contribution in [3.05, 3.63) is 156 Å². The zero-order chi connectivity index (χ0) is 28.3. The van der Waals surface area contributed by atoms with Gasteiger partial charge in [0, 0.05) is 27.3 Å². The standard InChI is InChI=1S/C39H25N3O/c1-3-9-25(10-4-1)37-40-38(26-11-5-2-6-12-26)42-39(41-37)28-18-19-29-27(23-28)16-15-24-17-20-33-31(35(24)29)21-22-32-30-13-7-8-14-34(30)43-36(32)33/h1-23,37H,(H,40,41,42). The fourth-order valence-corrected chi connectivity index (χ4v) is 6.41. The number of fused-ring (bicyclic) bond motifs is 9. The second-order valence-electron chi connectivity index (χ2n) is 11.0. The Kier molecular flexibility index (Phi) is 5.23. The average molecular weight is 552 g/mol. The van der Waals surface area contributed by atoms with E-state index in [2.05, 4.69) is 96.3 Å². The van der Waals surface area contributed by atoms with Crippen LogP contribution in [-0.4, -0.2) is 11.7 Å². The third-order valence-electron chi connectivity index (χ3n) is 8.49. The van der Waals surface area contributed by atoms with Crippen LogP contribution in [0, 0.1) is 0 Å². The third kappa shape index (κ3) is 3.84. The smallest absolute Gasteiger partial charge is 0.169 e. The molecule has 4 heteroatoms. The lowest BCUT2D eigenvalue weighted by Crippen LogP contribution is -2.36. The first-order chi connectivity index (χ1) is 21.3. The molecule has 0 fully saturated rings. The highest BCUT2D eigenvalue weighted by atomic mass is 16.3. The van der Waals surface area contributed by atoms with Gasteiger partial charge >= 0.3 is 0 Å². The van der Waals surface area contributed by atoms with Gasteiger partial charge in [0.2, 0.25) is 0 Å². The van der Waals surface area contributed by atoms with Gasteiger partial charge in [0.25, 0.3) is 0 Å². The highest BCUT2D eigenvalue weighted by molar-refractivity contribution is 6.26. The Morgan fingerprint density at radius 3 is 1.98 bits per heavy atom. The molecule has 1 atom stereocenters. The first-order valence-electron chi connectivity index (χ1n) is 14.5. The first kappa shape index (κ1) is 23.9. The number of para-hydroxylation sites is 1. The molecule has 0 aliphatic carbocycles. The maximum atomic E-state index is 6.38. The number of rotatable bonds is 3. The normalized spacial score (nSPS) is 15.2. The molecule has 0 saturated carbocycles. The summed E-state index contributed by atoms with van der Waals surface area (Å²) in [4.78, 5) is 10.1. The lowest BCUT2D eigenvalue weighted by molar-refractivity contribution is 0.672. The van der Waals surface area contributed by atoms with Crippen molar-refractivity contribution in [2.24, 2.45) is 9.98 Å². The maximum absolute atomic E-state index is 6.38. The molecule has 0 amide bonds. The maximum Gasteiger partial charge on any atom is 0.169 e. The van der Waals surface area contributed by atoms with Crippen LogP contribution in [-0.2, 0) is 0 Å². The molecular weight excluding hydrogens is 526 g/mol. The number of aliphatic imine (C=N–C) groups is 2. The van der Waals surface area contributed by atoms with Crippen LogP contribution in [0.5, 0.6) is 0 Å². The number of amidine groups is 2. The summed E-state index contributed by atoms with van der Waals surface area (Å²) < 4.78 is 6.38. The summed E-state index contributed by atoms with van der Waals surface area (Å²) in [6, 6.07) is 48.6. The van der Waals surface area contributed by atoms with E-state index in [0.717, 1.165) is 61.1 Å². The summed E-state index contributed by atoms with van der Waals surface area (Å²) in [6.45, 7) is 0. The van der Waals surface area contributed by atoms with Gasteiger partial charge in [-0.25, -0.2) is 9.98 Å². The summed E-state index contributed by atoms with van der Waals surface area (Å²) in [5.41, 5.74) is 4.97. The molecule has 0 saturated heterocycles. The van der Waals surface area contributed by atoms with Gasteiger partial charge in [-0.05, 0) is 56.8 Å². The molecule has 43 heavy (non-hydrogen) atoms. The Labute approximate surface area is 247 Å². The van der Waals surface area contributed by atoms with Gasteiger partial charge in [0.15, 0.2) is 6.17 Å². The van der Waals surface area contributed by atoms with E-state index in [-0.39, 0.29) is 6.17 Å². The van der Waals surface area contributed by atoms with E-state index in [1.807, 2.05) is 48.5 Å². The van der Waals surface area contributed by atoms with E-state index in [1.54, 1.807) is 0 Å².